The average molecular weight is 398 g/mol. The van der Waals surface area contributed by atoms with Gasteiger partial charge in [0.1, 0.15) is 0 Å². The molecule has 1 aliphatic rings. The van der Waals surface area contributed by atoms with Crippen molar-refractivity contribution in [2.75, 3.05) is 53.5 Å². The van der Waals surface area contributed by atoms with Crippen molar-refractivity contribution in [1.82, 2.24) is 15.5 Å². The van der Waals surface area contributed by atoms with Crippen LogP contribution in [-0.4, -0.2) is 64.3 Å². The van der Waals surface area contributed by atoms with Crippen molar-refractivity contribution in [3.8, 4) is 0 Å². The second-order valence-corrected chi connectivity index (χ2v) is 5.30. The molecule has 1 aliphatic heterocycles. The fraction of sp³-hybridized carbons (Fsp3) is 0.929. The number of methoxy groups -OCH3 is 1. The summed E-state index contributed by atoms with van der Waals surface area (Å²) in [5.74, 6) is 1.79. The van der Waals surface area contributed by atoms with Crippen LogP contribution in [0, 0.1) is 5.92 Å². The molecular formula is C14H31IN4O. The Labute approximate surface area is 140 Å². The van der Waals surface area contributed by atoms with Gasteiger partial charge < -0.3 is 20.3 Å². The van der Waals surface area contributed by atoms with Crippen LogP contribution >= 0.6 is 24.0 Å². The Morgan fingerprint density at radius 2 is 1.90 bits per heavy atom. The van der Waals surface area contributed by atoms with E-state index in [2.05, 4.69) is 27.4 Å². The van der Waals surface area contributed by atoms with E-state index in [0.29, 0.717) is 0 Å². The van der Waals surface area contributed by atoms with Crippen LogP contribution in [0.15, 0.2) is 4.99 Å². The van der Waals surface area contributed by atoms with Crippen LogP contribution in [-0.2, 0) is 4.74 Å². The third-order valence-electron chi connectivity index (χ3n) is 3.64. The van der Waals surface area contributed by atoms with Gasteiger partial charge in [-0.3, -0.25) is 4.99 Å². The van der Waals surface area contributed by atoms with Crippen LogP contribution in [0.25, 0.3) is 0 Å². The molecule has 1 rings (SSSR count). The van der Waals surface area contributed by atoms with Crippen molar-refractivity contribution in [2.24, 2.45) is 10.9 Å². The highest BCUT2D eigenvalue weighted by molar-refractivity contribution is 14.0. The SMILES string of the molecule is CN=C(NCCCOC)NCCN1CCC(C)CC1.I. The minimum atomic E-state index is 0. The molecule has 0 saturated carbocycles. The van der Waals surface area contributed by atoms with Crippen LogP contribution in [0.5, 0.6) is 0 Å². The van der Waals surface area contributed by atoms with Gasteiger partial charge in [0.15, 0.2) is 5.96 Å². The zero-order chi connectivity index (χ0) is 13.9. The smallest absolute Gasteiger partial charge is 0.191 e. The van der Waals surface area contributed by atoms with Crippen molar-refractivity contribution in [2.45, 2.75) is 26.2 Å². The van der Waals surface area contributed by atoms with E-state index in [1.165, 1.54) is 25.9 Å². The summed E-state index contributed by atoms with van der Waals surface area (Å²) in [5.41, 5.74) is 0. The molecule has 1 heterocycles. The summed E-state index contributed by atoms with van der Waals surface area (Å²) < 4.78 is 5.02. The third-order valence-corrected chi connectivity index (χ3v) is 3.64. The van der Waals surface area contributed by atoms with E-state index in [9.17, 15) is 0 Å². The number of aliphatic imine (C=N–C) groups is 1. The lowest BCUT2D eigenvalue weighted by atomic mass is 9.99. The summed E-state index contributed by atoms with van der Waals surface area (Å²) in [5, 5.41) is 6.65. The quantitative estimate of drug-likeness (QED) is 0.296. The van der Waals surface area contributed by atoms with Crippen molar-refractivity contribution in [3.63, 3.8) is 0 Å². The van der Waals surface area contributed by atoms with Crippen LogP contribution in [0.2, 0.25) is 0 Å². The third kappa shape index (κ3) is 8.97. The molecule has 1 fully saturated rings. The van der Waals surface area contributed by atoms with Crippen molar-refractivity contribution >= 4 is 29.9 Å². The van der Waals surface area contributed by atoms with Crippen molar-refractivity contribution in [1.29, 1.82) is 0 Å². The predicted molar refractivity (Wildman–Crippen MR) is 96.1 cm³/mol. The van der Waals surface area contributed by atoms with Gasteiger partial charge in [-0.1, -0.05) is 6.92 Å². The molecule has 1 saturated heterocycles. The number of piperidine rings is 1. The Bertz CT molecular complexity index is 256. The Morgan fingerprint density at radius 3 is 2.50 bits per heavy atom. The average Bonchev–Trinajstić information content (AvgIpc) is 2.43. The van der Waals surface area contributed by atoms with Crippen LogP contribution < -0.4 is 10.6 Å². The first-order chi connectivity index (χ1) is 9.26. The van der Waals surface area contributed by atoms with E-state index < -0.39 is 0 Å². The van der Waals surface area contributed by atoms with Crippen molar-refractivity contribution < 1.29 is 4.74 Å². The zero-order valence-electron chi connectivity index (χ0n) is 13.2. The largest absolute Gasteiger partial charge is 0.385 e. The number of nitrogens with one attached hydrogen (secondary N) is 2. The topological polar surface area (TPSA) is 48.9 Å². The lowest BCUT2D eigenvalue weighted by Crippen LogP contribution is -2.43. The second kappa shape index (κ2) is 12.6. The molecule has 0 aromatic carbocycles. The highest BCUT2D eigenvalue weighted by Crippen LogP contribution is 2.14. The maximum Gasteiger partial charge on any atom is 0.191 e. The molecule has 0 unspecified atom stereocenters. The fourth-order valence-electron chi connectivity index (χ4n) is 2.26. The Kier molecular flexibility index (Phi) is 12.6. The summed E-state index contributed by atoms with van der Waals surface area (Å²) in [7, 11) is 3.54. The number of ether oxygens (including phenoxy) is 1. The number of guanidine groups is 1. The van der Waals surface area contributed by atoms with Gasteiger partial charge in [-0.15, -0.1) is 24.0 Å². The van der Waals surface area contributed by atoms with Gasteiger partial charge in [0.2, 0.25) is 0 Å². The summed E-state index contributed by atoms with van der Waals surface area (Å²) >= 11 is 0. The molecular weight excluding hydrogens is 367 g/mol. The molecule has 0 amide bonds. The van der Waals surface area contributed by atoms with Gasteiger partial charge in [0, 0.05) is 40.4 Å². The molecule has 0 aromatic heterocycles. The molecule has 6 heteroatoms. The van der Waals surface area contributed by atoms with Gasteiger partial charge in [0.25, 0.3) is 0 Å². The van der Waals surface area contributed by atoms with E-state index in [-0.39, 0.29) is 24.0 Å². The number of nitrogens with zero attached hydrogens (tertiary/aromatic N) is 2. The van der Waals surface area contributed by atoms with E-state index in [1.807, 2.05) is 7.05 Å². The number of rotatable bonds is 7. The highest BCUT2D eigenvalue weighted by Gasteiger charge is 2.14. The van der Waals surface area contributed by atoms with Gasteiger partial charge in [-0.2, -0.15) is 0 Å². The summed E-state index contributed by atoms with van der Waals surface area (Å²) in [6.07, 6.45) is 3.68. The number of likely N-dealkylation sites (tertiary alicyclic amines) is 1. The molecule has 0 atom stereocenters. The standard InChI is InChI=1S/C14H30N4O.HI/c1-13-5-9-18(10-6-13)11-8-17-14(15-2)16-7-4-12-19-3;/h13H,4-12H2,1-3H3,(H2,15,16,17);1H. The summed E-state index contributed by atoms with van der Waals surface area (Å²) in [6.45, 7) is 8.57. The molecule has 5 nitrogen and oxygen atoms in total. The molecule has 2 N–H and O–H groups in total. The molecule has 0 radical (unpaired) electrons. The fourth-order valence-corrected chi connectivity index (χ4v) is 2.26. The highest BCUT2D eigenvalue weighted by atomic mass is 127. The Balaban J connectivity index is 0.00000361. The van der Waals surface area contributed by atoms with Crippen LogP contribution in [0.1, 0.15) is 26.2 Å². The first kappa shape index (κ1) is 19.9. The number of halogens is 1. The van der Waals surface area contributed by atoms with Gasteiger partial charge in [-0.25, -0.2) is 0 Å². The van der Waals surface area contributed by atoms with Crippen LogP contribution in [0.3, 0.4) is 0 Å². The Hall–Kier alpha value is -0.0800. The summed E-state index contributed by atoms with van der Waals surface area (Å²) in [6, 6.07) is 0. The van der Waals surface area contributed by atoms with Gasteiger partial charge in [-0.05, 0) is 38.3 Å². The lowest BCUT2D eigenvalue weighted by molar-refractivity contribution is 0.194. The summed E-state index contributed by atoms with van der Waals surface area (Å²) in [4.78, 5) is 6.75. The minimum absolute atomic E-state index is 0. The minimum Gasteiger partial charge on any atom is -0.385 e. The normalized spacial score (nSPS) is 17.6. The number of hydrogen-bond donors (Lipinski definition) is 2. The monoisotopic (exact) mass is 398 g/mol. The first-order valence-corrected chi connectivity index (χ1v) is 7.42. The van der Waals surface area contributed by atoms with Crippen molar-refractivity contribution in [3.05, 3.63) is 0 Å². The van der Waals surface area contributed by atoms with E-state index in [0.717, 1.165) is 44.5 Å². The molecule has 0 aliphatic carbocycles. The van der Waals surface area contributed by atoms with Gasteiger partial charge in [0.05, 0.1) is 0 Å². The predicted octanol–water partition coefficient (Wildman–Crippen LogP) is 1.54. The molecule has 0 spiro atoms. The Morgan fingerprint density at radius 1 is 1.25 bits per heavy atom. The molecule has 0 bridgehead atoms. The van der Waals surface area contributed by atoms with E-state index >= 15 is 0 Å². The van der Waals surface area contributed by atoms with E-state index in [1.54, 1.807) is 7.11 Å². The second-order valence-electron chi connectivity index (χ2n) is 5.30. The number of hydrogen-bond acceptors (Lipinski definition) is 3. The maximum atomic E-state index is 5.02. The molecule has 120 valence electrons. The lowest BCUT2D eigenvalue weighted by Gasteiger charge is -2.30. The van der Waals surface area contributed by atoms with Crippen LogP contribution in [0.4, 0.5) is 0 Å². The first-order valence-electron chi connectivity index (χ1n) is 7.42. The molecule has 0 aromatic rings. The zero-order valence-corrected chi connectivity index (χ0v) is 15.5. The molecule has 20 heavy (non-hydrogen) atoms. The maximum absolute atomic E-state index is 5.02. The van der Waals surface area contributed by atoms with Gasteiger partial charge >= 0.3 is 0 Å². The van der Waals surface area contributed by atoms with E-state index in [4.69, 9.17) is 4.74 Å².